The van der Waals surface area contributed by atoms with E-state index in [-0.39, 0.29) is 40.4 Å². The van der Waals surface area contributed by atoms with Gasteiger partial charge in [0.1, 0.15) is 0 Å². The predicted octanol–water partition coefficient (Wildman–Crippen LogP) is -1.98. The number of carbonyl (C=O) groups is 1. The molecule has 1 aromatic carbocycles. The zero-order valence-corrected chi connectivity index (χ0v) is 12.4. The quantitative estimate of drug-likeness (QED) is 0.461. The summed E-state index contributed by atoms with van der Waals surface area (Å²) in [7, 11) is 1.67. The summed E-state index contributed by atoms with van der Waals surface area (Å²) in [6.45, 7) is 2.44. The van der Waals surface area contributed by atoms with Gasteiger partial charge in [0.25, 0.3) is 5.91 Å². The second-order valence-electron chi connectivity index (χ2n) is 3.08. The van der Waals surface area contributed by atoms with Crippen LogP contribution in [0, 0.1) is 0 Å². The van der Waals surface area contributed by atoms with Gasteiger partial charge in [-0.05, 0) is 36.2 Å². The van der Waals surface area contributed by atoms with Crippen molar-refractivity contribution in [3.8, 4) is 0 Å². The summed E-state index contributed by atoms with van der Waals surface area (Å²) in [6, 6.07) is 5.98. The zero-order chi connectivity index (χ0) is 11.4. The van der Waals surface area contributed by atoms with Crippen molar-refractivity contribution >= 4 is 17.0 Å². The average Bonchev–Trinajstić information content (AvgIpc) is 2.27. The maximum Gasteiger partial charge on any atom is 1.00 e. The Morgan fingerprint density at radius 1 is 1.50 bits per heavy atom. The Bertz CT molecular complexity index is 397. The van der Waals surface area contributed by atoms with E-state index in [2.05, 4.69) is 0 Å². The van der Waals surface area contributed by atoms with E-state index in [1.165, 1.54) is 17.0 Å². The fourth-order valence-corrected chi connectivity index (χ4v) is 1.51. The molecule has 0 N–H and O–H groups in total. The normalized spacial score (nSPS) is 11.4. The molecule has 1 rings (SSSR count). The van der Waals surface area contributed by atoms with Crippen LogP contribution in [-0.2, 0) is 11.1 Å². The van der Waals surface area contributed by atoms with E-state index >= 15 is 0 Å². The summed E-state index contributed by atoms with van der Waals surface area (Å²) >= 11 is -2.29. The smallest absolute Gasteiger partial charge is 0.768 e. The van der Waals surface area contributed by atoms with Crippen LogP contribution in [-0.4, -0.2) is 33.2 Å². The Morgan fingerprint density at radius 3 is 2.62 bits per heavy atom. The molecule has 1 unspecified atom stereocenters. The Balaban J connectivity index is 0.00000225. The molecule has 1 amide bonds. The Morgan fingerprint density at radius 2 is 2.12 bits per heavy atom. The van der Waals surface area contributed by atoms with Gasteiger partial charge in [-0.1, -0.05) is 6.07 Å². The molecule has 0 fully saturated rings. The fourth-order valence-electron chi connectivity index (χ4n) is 1.10. The van der Waals surface area contributed by atoms with Crippen molar-refractivity contribution in [2.45, 2.75) is 11.8 Å². The van der Waals surface area contributed by atoms with E-state index in [0.717, 1.165) is 0 Å². The molecule has 16 heavy (non-hydrogen) atoms. The number of amides is 1. The van der Waals surface area contributed by atoms with Crippen LogP contribution in [0.15, 0.2) is 29.2 Å². The van der Waals surface area contributed by atoms with Crippen molar-refractivity contribution < 1.29 is 43.1 Å². The second kappa shape index (κ2) is 7.19. The number of nitrogens with zero attached hydrogens (tertiary/aromatic N) is 1. The van der Waals surface area contributed by atoms with Gasteiger partial charge in [-0.2, -0.15) is 0 Å². The van der Waals surface area contributed by atoms with Gasteiger partial charge >= 0.3 is 29.6 Å². The summed E-state index contributed by atoms with van der Waals surface area (Å²) < 4.78 is 21.4. The third kappa shape index (κ3) is 3.99. The standard InChI is InChI=1S/C10H13NO3S.Na/c1-3-11(2)10(12)8-5-4-6-9(7-8)15(13)14;/h4-7H,3H2,1-2H3,(H,13,14);/q;+1/p-1. The van der Waals surface area contributed by atoms with Crippen LogP contribution in [0.5, 0.6) is 0 Å². The van der Waals surface area contributed by atoms with Crippen molar-refractivity contribution in [1.82, 2.24) is 4.90 Å². The molecule has 1 atom stereocenters. The first-order valence-corrected chi connectivity index (χ1v) is 5.58. The van der Waals surface area contributed by atoms with E-state index in [9.17, 15) is 13.6 Å². The van der Waals surface area contributed by atoms with Gasteiger partial charge in [0.05, 0.1) is 0 Å². The summed E-state index contributed by atoms with van der Waals surface area (Å²) in [6.07, 6.45) is 0. The molecule has 0 bridgehead atoms. The summed E-state index contributed by atoms with van der Waals surface area (Å²) in [5.74, 6) is -0.176. The Kier molecular flexibility index (Phi) is 7.10. The van der Waals surface area contributed by atoms with Crippen LogP contribution >= 0.6 is 0 Å². The van der Waals surface area contributed by atoms with Crippen molar-refractivity contribution in [3.05, 3.63) is 29.8 Å². The van der Waals surface area contributed by atoms with Crippen molar-refractivity contribution in [2.75, 3.05) is 13.6 Å². The summed E-state index contributed by atoms with van der Waals surface area (Å²) in [4.78, 5) is 13.3. The average molecular weight is 249 g/mol. The minimum absolute atomic E-state index is 0. The topological polar surface area (TPSA) is 60.4 Å². The molecule has 0 spiro atoms. The van der Waals surface area contributed by atoms with Crippen LogP contribution in [0.3, 0.4) is 0 Å². The van der Waals surface area contributed by atoms with Crippen molar-refractivity contribution in [3.63, 3.8) is 0 Å². The second-order valence-corrected chi connectivity index (χ2v) is 4.02. The van der Waals surface area contributed by atoms with Gasteiger partial charge in [0, 0.05) is 24.1 Å². The van der Waals surface area contributed by atoms with Crippen LogP contribution in [0.4, 0.5) is 0 Å². The molecule has 0 aliphatic heterocycles. The Hall–Kier alpha value is -0.200. The molecular formula is C10H12NNaO3S. The van der Waals surface area contributed by atoms with Gasteiger partial charge in [0.15, 0.2) is 0 Å². The molecule has 0 saturated heterocycles. The Labute approximate surface area is 120 Å². The largest absolute Gasteiger partial charge is 1.00 e. The predicted molar refractivity (Wildman–Crippen MR) is 56.3 cm³/mol. The van der Waals surface area contributed by atoms with Crippen LogP contribution in [0.2, 0.25) is 0 Å². The fraction of sp³-hybridized carbons (Fsp3) is 0.300. The number of benzene rings is 1. The molecule has 0 aliphatic carbocycles. The number of hydrogen-bond donors (Lipinski definition) is 0. The van der Waals surface area contributed by atoms with E-state index < -0.39 is 11.1 Å². The van der Waals surface area contributed by atoms with Gasteiger partial charge in [-0.15, -0.1) is 0 Å². The molecule has 82 valence electrons. The van der Waals surface area contributed by atoms with Crippen molar-refractivity contribution in [2.24, 2.45) is 0 Å². The molecule has 1 aromatic rings. The molecule has 4 nitrogen and oxygen atoms in total. The maximum absolute atomic E-state index is 11.7. The monoisotopic (exact) mass is 249 g/mol. The van der Waals surface area contributed by atoms with Crippen LogP contribution < -0.4 is 29.6 Å². The number of hydrogen-bond acceptors (Lipinski definition) is 3. The molecular weight excluding hydrogens is 237 g/mol. The van der Waals surface area contributed by atoms with Gasteiger partial charge in [-0.25, -0.2) is 0 Å². The minimum atomic E-state index is -2.29. The molecule has 0 radical (unpaired) electrons. The first kappa shape index (κ1) is 15.8. The number of carbonyl (C=O) groups excluding carboxylic acids is 1. The van der Waals surface area contributed by atoms with E-state index in [1.807, 2.05) is 6.92 Å². The van der Waals surface area contributed by atoms with E-state index in [1.54, 1.807) is 19.2 Å². The molecule has 0 aromatic heterocycles. The first-order chi connectivity index (χ1) is 7.06. The van der Waals surface area contributed by atoms with E-state index in [4.69, 9.17) is 0 Å². The molecule has 0 saturated carbocycles. The minimum Gasteiger partial charge on any atom is -0.768 e. The third-order valence-corrected chi connectivity index (χ3v) is 2.73. The zero-order valence-electron chi connectivity index (χ0n) is 9.60. The van der Waals surface area contributed by atoms with Crippen molar-refractivity contribution in [1.29, 1.82) is 0 Å². The maximum atomic E-state index is 11.7. The SMILES string of the molecule is CCN(C)C(=O)c1cccc(S(=O)[O-])c1.[Na+]. The first-order valence-electron chi connectivity index (χ1n) is 4.51. The van der Waals surface area contributed by atoms with Gasteiger partial charge in [0.2, 0.25) is 0 Å². The van der Waals surface area contributed by atoms with Gasteiger partial charge in [-0.3, -0.25) is 9.00 Å². The van der Waals surface area contributed by atoms with Gasteiger partial charge < -0.3 is 9.45 Å². The number of rotatable bonds is 3. The summed E-state index contributed by atoms with van der Waals surface area (Å²) in [5.41, 5.74) is 0.390. The van der Waals surface area contributed by atoms with E-state index in [0.29, 0.717) is 12.1 Å². The van der Waals surface area contributed by atoms with Crippen LogP contribution in [0.25, 0.3) is 0 Å². The molecule has 0 heterocycles. The van der Waals surface area contributed by atoms with Crippen LogP contribution in [0.1, 0.15) is 17.3 Å². The summed E-state index contributed by atoms with van der Waals surface area (Å²) in [5, 5.41) is 0. The third-order valence-electron chi connectivity index (χ3n) is 2.09. The molecule has 6 heteroatoms. The molecule has 0 aliphatic rings.